The van der Waals surface area contributed by atoms with Crippen LogP contribution in [0.15, 0.2) is 11.4 Å². The Labute approximate surface area is 129 Å². The Morgan fingerprint density at radius 2 is 2.43 bits per heavy atom. The Morgan fingerprint density at radius 3 is 3.14 bits per heavy atom. The highest BCUT2D eigenvalue weighted by Crippen LogP contribution is 2.24. The maximum absolute atomic E-state index is 12.2. The molecule has 1 aliphatic rings. The summed E-state index contributed by atoms with van der Waals surface area (Å²) >= 11 is 1.45. The molecule has 2 heterocycles. The van der Waals surface area contributed by atoms with Crippen LogP contribution in [0, 0.1) is 11.8 Å². The molecule has 1 aromatic rings. The number of hydrogen-bond acceptors (Lipinski definition) is 4. The van der Waals surface area contributed by atoms with E-state index in [4.69, 9.17) is 9.84 Å². The zero-order valence-electron chi connectivity index (χ0n) is 12.4. The number of ether oxygens (including phenoxy) is 1. The summed E-state index contributed by atoms with van der Waals surface area (Å²) < 4.78 is 5.65. The molecule has 1 aromatic heterocycles. The summed E-state index contributed by atoms with van der Waals surface area (Å²) in [5, 5.41) is 13.6. The molecule has 4 nitrogen and oxygen atoms in total. The molecule has 0 spiro atoms. The Kier molecular flexibility index (Phi) is 5.40. The summed E-state index contributed by atoms with van der Waals surface area (Å²) in [6.45, 7) is 4.83. The fourth-order valence-corrected chi connectivity index (χ4v) is 3.11. The van der Waals surface area contributed by atoms with Crippen molar-refractivity contribution < 1.29 is 14.6 Å². The van der Waals surface area contributed by atoms with Gasteiger partial charge in [0.2, 0.25) is 0 Å². The second-order valence-electron chi connectivity index (χ2n) is 5.75. The van der Waals surface area contributed by atoms with Crippen molar-refractivity contribution in [3.8, 4) is 11.8 Å². The zero-order chi connectivity index (χ0) is 15.3. The van der Waals surface area contributed by atoms with E-state index < -0.39 is 0 Å². The minimum absolute atomic E-state index is 0.0517. The molecule has 0 saturated carbocycles. The van der Waals surface area contributed by atoms with Crippen molar-refractivity contribution in [2.45, 2.75) is 44.8 Å². The molecule has 1 amide bonds. The summed E-state index contributed by atoms with van der Waals surface area (Å²) in [4.78, 5) is 13.1. The standard InChI is InChI=1S/C16H21NO3S/c1-16(2)10-13(6-8-20-16)17-15(19)12-9-14(21-11-12)5-3-4-7-18/h9,11,13,18H,4,6-8,10H2,1-2H3,(H,17,19). The first-order chi connectivity index (χ1) is 10.00. The molecule has 114 valence electrons. The van der Waals surface area contributed by atoms with Crippen molar-refractivity contribution >= 4 is 17.2 Å². The van der Waals surface area contributed by atoms with E-state index in [1.54, 1.807) is 6.07 Å². The highest BCUT2D eigenvalue weighted by atomic mass is 32.1. The number of hydrogen-bond donors (Lipinski definition) is 2. The number of rotatable bonds is 3. The second kappa shape index (κ2) is 7.08. The van der Waals surface area contributed by atoms with E-state index in [0.717, 1.165) is 17.7 Å². The molecule has 0 radical (unpaired) electrons. The predicted molar refractivity (Wildman–Crippen MR) is 83.4 cm³/mol. The number of nitrogens with one attached hydrogen (secondary N) is 1. The van der Waals surface area contributed by atoms with Crippen molar-refractivity contribution in [2.75, 3.05) is 13.2 Å². The lowest BCUT2D eigenvalue weighted by Gasteiger charge is -2.35. The number of thiophene rings is 1. The van der Waals surface area contributed by atoms with Crippen LogP contribution in [0.5, 0.6) is 0 Å². The Bertz CT molecular complexity index is 553. The Morgan fingerprint density at radius 1 is 1.62 bits per heavy atom. The quantitative estimate of drug-likeness (QED) is 0.842. The van der Waals surface area contributed by atoms with E-state index in [1.807, 2.05) is 19.2 Å². The van der Waals surface area contributed by atoms with E-state index >= 15 is 0 Å². The van der Waals surface area contributed by atoms with Gasteiger partial charge in [0.15, 0.2) is 0 Å². The smallest absolute Gasteiger partial charge is 0.252 e. The topological polar surface area (TPSA) is 58.6 Å². The molecule has 21 heavy (non-hydrogen) atoms. The predicted octanol–water partition coefficient (Wildman–Crippen LogP) is 2.17. The zero-order valence-corrected chi connectivity index (χ0v) is 13.3. The molecule has 1 aliphatic heterocycles. The van der Waals surface area contributed by atoms with Gasteiger partial charge in [0, 0.05) is 24.4 Å². The van der Waals surface area contributed by atoms with Gasteiger partial charge in [-0.15, -0.1) is 11.3 Å². The molecule has 0 aromatic carbocycles. The maximum atomic E-state index is 12.2. The number of carbonyl (C=O) groups is 1. The van der Waals surface area contributed by atoms with E-state index in [-0.39, 0.29) is 24.2 Å². The van der Waals surface area contributed by atoms with Gasteiger partial charge in [-0.05, 0) is 32.8 Å². The van der Waals surface area contributed by atoms with Crippen molar-refractivity contribution in [3.63, 3.8) is 0 Å². The summed E-state index contributed by atoms with van der Waals surface area (Å²) in [6.07, 6.45) is 2.13. The van der Waals surface area contributed by atoms with Crippen LogP contribution < -0.4 is 5.32 Å². The van der Waals surface area contributed by atoms with Crippen LogP contribution in [0.4, 0.5) is 0 Å². The molecule has 2 N–H and O–H groups in total. The minimum atomic E-state index is -0.175. The molecule has 0 aliphatic carbocycles. The van der Waals surface area contributed by atoms with E-state index in [0.29, 0.717) is 18.6 Å². The van der Waals surface area contributed by atoms with Crippen LogP contribution >= 0.6 is 11.3 Å². The van der Waals surface area contributed by atoms with E-state index in [2.05, 4.69) is 17.2 Å². The van der Waals surface area contributed by atoms with Crippen LogP contribution in [0.1, 0.15) is 48.3 Å². The summed E-state index contributed by atoms with van der Waals surface area (Å²) in [6, 6.07) is 1.96. The summed E-state index contributed by atoms with van der Waals surface area (Å²) in [7, 11) is 0. The molecule has 0 bridgehead atoms. The first-order valence-corrected chi connectivity index (χ1v) is 8.01. The van der Waals surface area contributed by atoms with E-state index in [1.165, 1.54) is 11.3 Å². The van der Waals surface area contributed by atoms with Gasteiger partial charge in [0.1, 0.15) is 0 Å². The average Bonchev–Trinajstić information content (AvgIpc) is 2.87. The fourth-order valence-electron chi connectivity index (χ4n) is 2.35. The largest absolute Gasteiger partial charge is 0.395 e. The van der Waals surface area contributed by atoms with Crippen molar-refractivity contribution in [2.24, 2.45) is 0 Å². The van der Waals surface area contributed by atoms with Gasteiger partial charge in [-0.2, -0.15) is 0 Å². The lowest BCUT2D eigenvalue weighted by Crippen LogP contribution is -2.45. The molecular formula is C16H21NO3S. The minimum Gasteiger partial charge on any atom is -0.395 e. The maximum Gasteiger partial charge on any atom is 0.252 e. The molecular weight excluding hydrogens is 286 g/mol. The SMILES string of the molecule is CC1(C)CC(NC(=O)c2csc(C#CCCO)c2)CCO1. The molecule has 1 unspecified atom stereocenters. The third-order valence-corrected chi connectivity index (χ3v) is 4.19. The third kappa shape index (κ3) is 4.85. The summed E-state index contributed by atoms with van der Waals surface area (Å²) in [5.41, 5.74) is 0.476. The van der Waals surface area contributed by atoms with Crippen LogP contribution in [0.25, 0.3) is 0 Å². The van der Waals surface area contributed by atoms with Gasteiger partial charge in [-0.25, -0.2) is 0 Å². The highest BCUT2D eigenvalue weighted by molar-refractivity contribution is 7.10. The van der Waals surface area contributed by atoms with Crippen LogP contribution in [0.2, 0.25) is 0 Å². The van der Waals surface area contributed by atoms with Gasteiger partial charge in [-0.3, -0.25) is 4.79 Å². The van der Waals surface area contributed by atoms with Crippen LogP contribution in [-0.2, 0) is 4.74 Å². The monoisotopic (exact) mass is 307 g/mol. The first kappa shape index (κ1) is 16.0. The highest BCUT2D eigenvalue weighted by Gasteiger charge is 2.29. The second-order valence-corrected chi connectivity index (χ2v) is 6.66. The van der Waals surface area contributed by atoms with Gasteiger partial charge >= 0.3 is 0 Å². The van der Waals surface area contributed by atoms with Crippen LogP contribution in [-0.4, -0.2) is 35.9 Å². The summed E-state index contributed by atoms with van der Waals surface area (Å²) in [5.74, 6) is 5.75. The third-order valence-electron chi connectivity index (χ3n) is 3.34. The molecule has 1 atom stereocenters. The molecule has 2 rings (SSSR count). The lowest BCUT2D eigenvalue weighted by atomic mass is 9.94. The van der Waals surface area contributed by atoms with Crippen LogP contribution in [0.3, 0.4) is 0 Å². The average molecular weight is 307 g/mol. The van der Waals surface area contributed by atoms with Crippen molar-refractivity contribution in [3.05, 3.63) is 21.9 Å². The normalized spacial score (nSPS) is 20.4. The first-order valence-electron chi connectivity index (χ1n) is 7.13. The number of aliphatic hydroxyl groups excluding tert-OH is 1. The van der Waals surface area contributed by atoms with Gasteiger partial charge in [-0.1, -0.05) is 11.8 Å². The molecule has 5 heteroatoms. The van der Waals surface area contributed by atoms with Crippen molar-refractivity contribution in [1.29, 1.82) is 0 Å². The molecule has 1 saturated heterocycles. The number of aliphatic hydroxyl groups is 1. The number of amides is 1. The van der Waals surface area contributed by atoms with E-state index in [9.17, 15) is 4.79 Å². The number of carbonyl (C=O) groups excluding carboxylic acids is 1. The van der Waals surface area contributed by atoms with Gasteiger partial charge < -0.3 is 15.2 Å². The fraction of sp³-hybridized carbons (Fsp3) is 0.562. The molecule has 1 fully saturated rings. The lowest BCUT2D eigenvalue weighted by molar-refractivity contribution is -0.0615. The van der Waals surface area contributed by atoms with Gasteiger partial charge in [0.05, 0.1) is 22.6 Å². The Balaban J connectivity index is 1.93. The van der Waals surface area contributed by atoms with Crippen molar-refractivity contribution in [1.82, 2.24) is 5.32 Å². The van der Waals surface area contributed by atoms with Gasteiger partial charge in [0.25, 0.3) is 5.91 Å². The Hall–Kier alpha value is -1.35.